The van der Waals surface area contributed by atoms with E-state index in [2.05, 4.69) is 0 Å². The number of hydrogen-bond donors (Lipinski definition) is 0. The summed E-state index contributed by atoms with van der Waals surface area (Å²) in [6, 6.07) is 5.37. The van der Waals surface area contributed by atoms with Crippen LogP contribution in [0.4, 0.5) is 0 Å². The fraction of sp³-hybridized carbons (Fsp3) is 0.467. The lowest BCUT2D eigenvalue weighted by atomic mass is 9.92. The monoisotopic (exact) mass is 278 g/mol. The molecule has 1 aliphatic heterocycles. The minimum atomic E-state index is -0.575. The molecule has 0 aliphatic carbocycles. The number of carbonyl (C=O) groups excluding carboxylic acids is 2. The van der Waals surface area contributed by atoms with Gasteiger partial charge in [0.25, 0.3) is 0 Å². The van der Waals surface area contributed by atoms with Gasteiger partial charge in [0, 0.05) is 19.4 Å². The summed E-state index contributed by atoms with van der Waals surface area (Å²) in [6.07, 6.45) is -1.03. The molecule has 1 aromatic rings. The van der Waals surface area contributed by atoms with Crippen LogP contribution in [0.2, 0.25) is 0 Å². The summed E-state index contributed by atoms with van der Waals surface area (Å²) in [7, 11) is 0. The van der Waals surface area contributed by atoms with Crippen molar-refractivity contribution in [2.75, 3.05) is 0 Å². The van der Waals surface area contributed by atoms with Gasteiger partial charge in [0.05, 0.1) is 12.2 Å². The molecule has 0 aromatic heterocycles. The SMILES string of the molecule is CC(=O)Oc1cccc2c1[C@@H](OC(C)=O)[C@H](C)O[C@H]2C. The first-order valence-electron chi connectivity index (χ1n) is 6.54. The highest BCUT2D eigenvalue weighted by Crippen LogP contribution is 2.43. The van der Waals surface area contributed by atoms with E-state index in [1.54, 1.807) is 12.1 Å². The molecule has 0 N–H and O–H groups in total. The van der Waals surface area contributed by atoms with Crippen LogP contribution in [0.5, 0.6) is 5.75 Å². The molecule has 0 amide bonds. The Labute approximate surface area is 117 Å². The maximum atomic E-state index is 11.3. The third-order valence-corrected chi connectivity index (χ3v) is 3.21. The zero-order valence-electron chi connectivity index (χ0n) is 12.0. The molecule has 5 heteroatoms. The number of carbonyl (C=O) groups is 2. The van der Waals surface area contributed by atoms with Crippen LogP contribution in [-0.2, 0) is 19.1 Å². The van der Waals surface area contributed by atoms with Crippen LogP contribution in [0.25, 0.3) is 0 Å². The average molecular weight is 278 g/mol. The van der Waals surface area contributed by atoms with Crippen LogP contribution in [0.1, 0.15) is 51.0 Å². The van der Waals surface area contributed by atoms with Crippen LogP contribution < -0.4 is 4.74 Å². The highest BCUT2D eigenvalue weighted by molar-refractivity contribution is 5.71. The van der Waals surface area contributed by atoms with E-state index in [1.807, 2.05) is 19.9 Å². The fourth-order valence-electron chi connectivity index (χ4n) is 2.50. The number of ether oxygens (including phenoxy) is 3. The van der Waals surface area contributed by atoms with Crippen LogP contribution in [0.15, 0.2) is 18.2 Å². The number of hydrogen-bond acceptors (Lipinski definition) is 5. The number of esters is 2. The standard InChI is InChI=1S/C15H18O5/c1-8-12-6-5-7-13(19-10(3)16)14(12)15(9(2)18-8)20-11(4)17/h5-9,15H,1-4H3/t8-,9-,15-/m0/s1. The first-order chi connectivity index (χ1) is 9.40. The maximum Gasteiger partial charge on any atom is 0.308 e. The zero-order valence-corrected chi connectivity index (χ0v) is 12.0. The molecular formula is C15H18O5. The van der Waals surface area contributed by atoms with Gasteiger partial charge >= 0.3 is 11.9 Å². The van der Waals surface area contributed by atoms with Gasteiger partial charge in [0.2, 0.25) is 0 Å². The molecule has 0 unspecified atom stereocenters. The molecule has 20 heavy (non-hydrogen) atoms. The summed E-state index contributed by atoms with van der Waals surface area (Å²) in [5.74, 6) is -0.390. The van der Waals surface area contributed by atoms with Crippen molar-refractivity contribution in [1.82, 2.24) is 0 Å². The van der Waals surface area contributed by atoms with Gasteiger partial charge in [0.15, 0.2) is 6.10 Å². The van der Waals surface area contributed by atoms with Crippen molar-refractivity contribution < 1.29 is 23.8 Å². The van der Waals surface area contributed by atoms with Gasteiger partial charge in [-0.05, 0) is 25.5 Å². The zero-order chi connectivity index (χ0) is 14.9. The predicted molar refractivity (Wildman–Crippen MR) is 71.2 cm³/mol. The molecule has 0 fully saturated rings. The lowest BCUT2D eigenvalue weighted by Gasteiger charge is -2.35. The minimum absolute atomic E-state index is 0.151. The number of benzene rings is 1. The Morgan fingerprint density at radius 1 is 1.15 bits per heavy atom. The van der Waals surface area contributed by atoms with E-state index in [9.17, 15) is 9.59 Å². The Morgan fingerprint density at radius 2 is 1.85 bits per heavy atom. The van der Waals surface area contributed by atoms with E-state index in [1.165, 1.54) is 13.8 Å². The Kier molecular flexibility index (Phi) is 4.09. The van der Waals surface area contributed by atoms with Gasteiger partial charge in [-0.15, -0.1) is 0 Å². The largest absolute Gasteiger partial charge is 0.455 e. The van der Waals surface area contributed by atoms with Crippen molar-refractivity contribution in [2.45, 2.75) is 46.0 Å². The molecular weight excluding hydrogens is 260 g/mol. The highest BCUT2D eigenvalue weighted by Gasteiger charge is 2.36. The van der Waals surface area contributed by atoms with Crippen LogP contribution in [0, 0.1) is 0 Å². The molecule has 0 saturated heterocycles. The lowest BCUT2D eigenvalue weighted by Crippen LogP contribution is -2.31. The molecule has 0 saturated carbocycles. The van der Waals surface area contributed by atoms with Crippen molar-refractivity contribution in [2.24, 2.45) is 0 Å². The van der Waals surface area contributed by atoms with Crippen molar-refractivity contribution >= 4 is 11.9 Å². The van der Waals surface area contributed by atoms with E-state index in [0.29, 0.717) is 11.3 Å². The molecule has 5 nitrogen and oxygen atoms in total. The van der Waals surface area contributed by atoms with Gasteiger partial charge in [0.1, 0.15) is 5.75 Å². The molecule has 1 aliphatic rings. The van der Waals surface area contributed by atoms with Gasteiger partial charge < -0.3 is 14.2 Å². The summed E-state index contributed by atoms with van der Waals surface area (Å²) in [6.45, 7) is 6.43. The van der Waals surface area contributed by atoms with E-state index < -0.39 is 18.0 Å². The predicted octanol–water partition coefficient (Wildman–Crippen LogP) is 2.70. The fourth-order valence-corrected chi connectivity index (χ4v) is 2.50. The molecule has 0 bridgehead atoms. The van der Waals surface area contributed by atoms with Crippen molar-refractivity contribution in [3.8, 4) is 5.75 Å². The Balaban J connectivity index is 2.52. The van der Waals surface area contributed by atoms with Gasteiger partial charge in [-0.3, -0.25) is 9.59 Å². The number of rotatable bonds is 2. The van der Waals surface area contributed by atoms with E-state index in [0.717, 1.165) is 5.56 Å². The molecule has 1 aromatic carbocycles. The minimum Gasteiger partial charge on any atom is -0.455 e. The third kappa shape index (κ3) is 2.82. The molecule has 0 spiro atoms. The molecule has 108 valence electrons. The first-order valence-corrected chi connectivity index (χ1v) is 6.54. The first kappa shape index (κ1) is 14.5. The summed E-state index contributed by atoms with van der Waals surface area (Å²) in [4.78, 5) is 22.5. The van der Waals surface area contributed by atoms with E-state index in [4.69, 9.17) is 14.2 Å². The summed E-state index contributed by atoms with van der Waals surface area (Å²) in [5, 5.41) is 0. The topological polar surface area (TPSA) is 61.8 Å². The second-order valence-electron chi connectivity index (χ2n) is 4.87. The van der Waals surface area contributed by atoms with Crippen LogP contribution >= 0.6 is 0 Å². The van der Waals surface area contributed by atoms with E-state index >= 15 is 0 Å². The van der Waals surface area contributed by atoms with Gasteiger partial charge in [-0.1, -0.05) is 12.1 Å². The summed E-state index contributed by atoms with van der Waals surface area (Å²) >= 11 is 0. The van der Waals surface area contributed by atoms with Gasteiger partial charge in [-0.25, -0.2) is 0 Å². The molecule has 3 atom stereocenters. The van der Waals surface area contributed by atoms with Crippen molar-refractivity contribution in [3.63, 3.8) is 0 Å². The van der Waals surface area contributed by atoms with Crippen molar-refractivity contribution in [1.29, 1.82) is 0 Å². The quantitative estimate of drug-likeness (QED) is 0.615. The van der Waals surface area contributed by atoms with Crippen LogP contribution in [0.3, 0.4) is 0 Å². The average Bonchev–Trinajstić information content (AvgIpc) is 2.33. The van der Waals surface area contributed by atoms with E-state index in [-0.39, 0.29) is 12.2 Å². The summed E-state index contributed by atoms with van der Waals surface area (Å²) in [5.41, 5.74) is 1.58. The van der Waals surface area contributed by atoms with Crippen molar-refractivity contribution in [3.05, 3.63) is 29.3 Å². The second kappa shape index (κ2) is 5.63. The highest BCUT2D eigenvalue weighted by atomic mass is 16.6. The molecule has 0 radical (unpaired) electrons. The Bertz CT molecular complexity index is 537. The van der Waals surface area contributed by atoms with Gasteiger partial charge in [-0.2, -0.15) is 0 Å². The second-order valence-corrected chi connectivity index (χ2v) is 4.87. The normalized spacial score (nSPS) is 24.7. The maximum absolute atomic E-state index is 11.3. The Hall–Kier alpha value is -1.88. The number of fused-ring (bicyclic) bond motifs is 1. The molecule has 1 heterocycles. The summed E-state index contributed by atoms with van der Waals surface area (Å²) < 4.78 is 16.3. The lowest BCUT2D eigenvalue weighted by molar-refractivity contribution is -0.161. The van der Waals surface area contributed by atoms with Crippen LogP contribution in [-0.4, -0.2) is 18.0 Å². The Morgan fingerprint density at radius 3 is 2.45 bits per heavy atom. The third-order valence-electron chi connectivity index (χ3n) is 3.21. The smallest absolute Gasteiger partial charge is 0.308 e. The molecule has 2 rings (SSSR count).